The molecule has 0 radical (unpaired) electrons. The van der Waals surface area contributed by atoms with Crippen LogP contribution in [0, 0.1) is 0 Å². The van der Waals surface area contributed by atoms with Crippen molar-refractivity contribution in [3.05, 3.63) is 0 Å². The lowest BCUT2D eigenvalue weighted by molar-refractivity contribution is -0.201. The molecular weight excluding hydrogens is 402 g/mol. The van der Waals surface area contributed by atoms with Gasteiger partial charge in [0.05, 0.1) is 0 Å². The molecule has 28 heavy (non-hydrogen) atoms. The summed E-state index contributed by atoms with van der Waals surface area (Å²) in [6.07, 6.45) is -5.43. The Morgan fingerprint density at radius 3 is 1.32 bits per heavy atom. The summed E-state index contributed by atoms with van der Waals surface area (Å²) >= 11 is 0. The Balaban J connectivity index is 0. The summed E-state index contributed by atoms with van der Waals surface area (Å²) in [5.74, 6) is -3.79. The Hall–Kier alpha value is -2.40. The molecule has 0 bridgehead atoms. The zero-order valence-electron chi connectivity index (χ0n) is 16.3. The van der Waals surface area contributed by atoms with Crippen LogP contribution in [0.25, 0.3) is 0 Å². The van der Waals surface area contributed by atoms with Gasteiger partial charge in [-0.15, -0.1) is 12.4 Å². The number of nitrogens with two attached hydrogens (primary N) is 1. The van der Waals surface area contributed by atoms with E-state index in [1.165, 1.54) is 0 Å². The first kappa shape index (κ1) is 27.8. The van der Waals surface area contributed by atoms with Crippen molar-refractivity contribution in [1.29, 1.82) is 0 Å². The molecule has 4 atom stereocenters. The molecule has 11 nitrogen and oxygen atoms in total. The predicted molar refractivity (Wildman–Crippen MR) is 95.2 cm³/mol. The summed E-state index contributed by atoms with van der Waals surface area (Å²) in [7, 11) is 0. The Bertz CT molecular complexity index is 568. The highest BCUT2D eigenvalue weighted by Crippen LogP contribution is 2.19. The first-order chi connectivity index (χ1) is 12.5. The van der Waals surface area contributed by atoms with Crippen LogP contribution in [0.1, 0.15) is 34.6 Å². The zero-order valence-corrected chi connectivity index (χ0v) is 17.1. The summed E-state index contributed by atoms with van der Waals surface area (Å²) in [4.78, 5) is 57.0. The second kappa shape index (κ2) is 13.7. The highest BCUT2D eigenvalue weighted by molar-refractivity contribution is 5.85. The molecule has 0 heterocycles. The van der Waals surface area contributed by atoms with Crippen molar-refractivity contribution in [2.24, 2.45) is 5.73 Å². The van der Waals surface area contributed by atoms with Crippen LogP contribution in [-0.4, -0.2) is 67.4 Å². The number of rotatable bonds is 10. The van der Waals surface area contributed by atoms with Gasteiger partial charge >= 0.3 is 29.8 Å². The molecule has 0 amide bonds. The average molecular weight is 428 g/mol. The molecule has 0 spiro atoms. The van der Waals surface area contributed by atoms with E-state index in [0.717, 1.165) is 34.6 Å². The van der Waals surface area contributed by atoms with Gasteiger partial charge in [0.25, 0.3) is 0 Å². The van der Waals surface area contributed by atoms with Crippen LogP contribution in [0.5, 0.6) is 0 Å². The van der Waals surface area contributed by atoms with Crippen LogP contribution in [0.3, 0.4) is 0 Å². The molecule has 0 unspecified atom stereocenters. The minimum atomic E-state index is -1.46. The van der Waals surface area contributed by atoms with Gasteiger partial charge in [0.1, 0.15) is 6.61 Å². The Morgan fingerprint density at radius 1 is 0.643 bits per heavy atom. The number of hydrogen-bond acceptors (Lipinski definition) is 11. The van der Waals surface area contributed by atoms with E-state index in [0.29, 0.717) is 0 Å². The highest BCUT2D eigenvalue weighted by atomic mass is 35.5. The average Bonchev–Trinajstić information content (AvgIpc) is 2.51. The van der Waals surface area contributed by atoms with Gasteiger partial charge in [0.2, 0.25) is 0 Å². The maximum atomic E-state index is 11.6. The Morgan fingerprint density at radius 2 is 1.00 bits per heavy atom. The fourth-order valence-electron chi connectivity index (χ4n) is 2.16. The van der Waals surface area contributed by atoms with E-state index in [1.807, 2.05) is 0 Å². The van der Waals surface area contributed by atoms with Crippen LogP contribution in [0.15, 0.2) is 0 Å². The quantitative estimate of drug-likeness (QED) is 0.359. The van der Waals surface area contributed by atoms with Gasteiger partial charge in [-0.25, -0.2) is 0 Å². The van der Waals surface area contributed by atoms with Gasteiger partial charge in [0.15, 0.2) is 24.4 Å². The van der Waals surface area contributed by atoms with Gasteiger partial charge in [-0.05, 0) is 0 Å². The molecule has 0 aliphatic heterocycles. The second-order valence-corrected chi connectivity index (χ2v) is 5.48. The molecule has 0 aromatic rings. The maximum absolute atomic E-state index is 11.6. The van der Waals surface area contributed by atoms with Crippen LogP contribution in [-0.2, 0) is 47.7 Å². The van der Waals surface area contributed by atoms with Crippen LogP contribution in [0.4, 0.5) is 0 Å². The maximum Gasteiger partial charge on any atom is 0.303 e. The molecular formula is C16H26ClNO10. The molecule has 0 saturated carbocycles. The minimum absolute atomic E-state index is 0. The van der Waals surface area contributed by atoms with Crippen molar-refractivity contribution in [2.75, 3.05) is 13.2 Å². The fourth-order valence-corrected chi connectivity index (χ4v) is 2.16. The van der Waals surface area contributed by atoms with Crippen molar-refractivity contribution >= 4 is 42.3 Å². The third-order valence-corrected chi connectivity index (χ3v) is 2.98. The molecule has 2 N–H and O–H groups in total. The van der Waals surface area contributed by atoms with E-state index in [2.05, 4.69) is 0 Å². The van der Waals surface area contributed by atoms with Crippen molar-refractivity contribution < 1.29 is 47.7 Å². The number of ether oxygens (including phenoxy) is 5. The number of carbonyl (C=O) groups is 5. The smallest absolute Gasteiger partial charge is 0.303 e. The van der Waals surface area contributed by atoms with E-state index in [-0.39, 0.29) is 19.0 Å². The summed E-state index contributed by atoms with van der Waals surface area (Å²) < 4.78 is 25.2. The standard InChI is InChI=1S/C16H25NO10.ClH/c1-8(18)23-7-14(25-10(3)20)16(27-12(5)22)15(26-11(4)21)13(6-17)24-9(2)19;/h13-16H,6-7,17H2,1-5H3;1H/t13-,14-,15+,16-;/m0./s1. The lowest BCUT2D eigenvalue weighted by Crippen LogP contribution is -2.54. The van der Waals surface area contributed by atoms with E-state index < -0.39 is 60.9 Å². The van der Waals surface area contributed by atoms with Gasteiger partial charge in [-0.3, -0.25) is 24.0 Å². The van der Waals surface area contributed by atoms with E-state index in [4.69, 9.17) is 29.4 Å². The SMILES string of the molecule is CC(=O)OC[C@H](OC(C)=O)[C@H](OC(C)=O)[C@H](OC(C)=O)[C@H](CN)OC(C)=O.Cl. The first-order valence-corrected chi connectivity index (χ1v) is 8.00. The summed E-state index contributed by atoms with van der Waals surface area (Å²) in [6, 6.07) is 0. The van der Waals surface area contributed by atoms with E-state index >= 15 is 0 Å². The van der Waals surface area contributed by atoms with E-state index in [9.17, 15) is 24.0 Å². The van der Waals surface area contributed by atoms with Gasteiger partial charge < -0.3 is 29.4 Å². The van der Waals surface area contributed by atoms with Crippen molar-refractivity contribution in [3.8, 4) is 0 Å². The topological polar surface area (TPSA) is 158 Å². The van der Waals surface area contributed by atoms with E-state index in [1.54, 1.807) is 0 Å². The molecule has 0 aliphatic carbocycles. The molecule has 162 valence electrons. The molecule has 0 aromatic carbocycles. The van der Waals surface area contributed by atoms with Crippen molar-refractivity contribution in [2.45, 2.75) is 59.0 Å². The van der Waals surface area contributed by atoms with Crippen molar-refractivity contribution in [1.82, 2.24) is 0 Å². The van der Waals surface area contributed by atoms with Crippen LogP contribution in [0.2, 0.25) is 0 Å². The molecule has 0 aromatic heterocycles. The van der Waals surface area contributed by atoms with Gasteiger partial charge in [0, 0.05) is 41.2 Å². The third kappa shape index (κ3) is 11.3. The molecule has 0 rings (SSSR count). The first-order valence-electron chi connectivity index (χ1n) is 8.00. The summed E-state index contributed by atoms with van der Waals surface area (Å²) in [5, 5.41) is 0. The molecule has 12 heteroatoms. The Labute approximate surface area is 168 Å². The second-order valence-electron chi connectivity index (χ2n) is 5.48. The Kier molecular flexibility index (Phi) is 13.6. The van der Waals surface area contributed by atoms with Gasteiger partial charge in [-0.1, -0.05) is 0 Å². The molecule has 0 aliphatic rings. The fraction of sp³-hybridized carbons (Fsp3) is 0.688. The lowest BCUT2D eigenvalue weighted by Gasteiger charge is -2.34. The monoisotopic (exact) mass is 427 g/mol. The van der Waals surface area contributed by atoms with Crippen LogP contribution < -0.4 is 5.73 Å². The van der Waals surface area contributed by atoms with Crippen LogP contribution >= 0.6 is 12.4 Å². The lowest BCUT2D eigenvalue weighted by atomic mass is 10.0. The number of carbonyl (C=O) groups excluding carboxylic acids is 5. The normalized spacial score (nSPS) is 14.2. The predicted octanol–water partition coefficient (Wildman–Crippen LogP) is -0.343. The van der Waals surface area contributed by atoms with Crippen molar-refractivity contribution in [3.63, 3.8) is 0 Å². The largest absolute Gasteiger partial charge is 0.462 e. The highest BCUT2D eigenvalue weighted by Gasteiger charge is 2.43. The zero-order chi connectivity index (χ0) is 21.1. The molecule has 0 fully saturated rings. The number of halogens is 1. The summed E-state index contributed by atoms with van der Waals surface area (Å²) in [6.45, 7) is 4.66. The number of esters is 5. The summed E-state index contributed by atoms with van der Waals surface area (Å²) in [5.41, 5.74) is 5.59. The number of hydrogen-bond donors (Lipinski definition) is 1. The molecule has 0 saturated heterocycles. The third-order valence-electron chi connectivity index (χ3n) is 2.98. The minimum Gasteiger partial charge on any atom is -0.462 e. The van der Waals surface area contributed by atoms with Gasteiger partial charge in [-0.2, -0.15) is 0 Å².